The maximum Gasteiger partial charge on any atom is 0.318 e. The molecule has 2 aromatic rings. The Balaban J connectivity index is 1.93. The number of urea groups is 1. The third-order valence-corrected chi connectivity index (χ3v) is 3.87. The molecule has 1 aromatic heterocycles. The van der Waals surface area contributed by atoms with Crippen molar-refractivity contribution in [1.29, 1.82) is 0 Å². The number of hydrogen-bond donors (Lipinski definition) is 5. The van der Waals surface area contributed by atoms with Crippen molar-refractivity contribution in [1.82, 2.24) is 15.3 Å². The van der Waals surface area contributed by atoms with E-state index in [1.807, 2.05) is 5.32 Å². The van der Waals surface area contributed by atoms with Crippen molar-refractivity contribution in [3.8, 4) is 5.75 Å². The topological polar surface area (TPSA) is 168 Å². The van der Waals surface area contributed by atoms with Gasteiger partial charge in [0, 0.05) is 12.1 Å². The van der Waals surface area contributed by atoms with Gasteiger partial charge >= 0.3 is 6.03 Å². The molecule has 1 unspecified atom stereocenters. The van der Waals surface area contributed by atoms with Crippen LogP contribution in [-0.2, 0) is 9.59 Å². The van der Waals surface area contributed by atoms with Gasteiger partial charge in [0.15, 0.2) is 0 Å². The first-order valence-electron chi connectivity index (χ1n) is 7.83. The summed E-state index contributed by atoms with van der Waals surface area (Å²) in [5.74, 6) is -1.87. The zero-order chi connectivity index (χ0) is 19.6. The highest BCUT2D eigenvalue weighted by Crippen LogP contribution is 2.29. The monoisotopic (exact) mass is 372 g/mol. The summed E-state index contributed by atoms with van der Waals surface area (Å²) in [4.78, 5) is 54.0. The number of amides is 4. The zero-order valence-electron chi connectivity index (χ0n) is 14.2. The van der Waals surface area contributed by atoms with Gasteiger partial charge in [-0.05, 0) is 24.3 Å². The van der Waals surface area contributed by atoms with E-state index in [9.17, 15) is 19.2 Å². The normalized spacial score (nSPS) is 15.3. The molecule has 6 N–H and O–H groups in total. The lowest BCUT2D eigenvalue weighted by Gasteiger charge is -2.23. The van der Waals surface area contributed by atoms with Crippen molar-refractivity contribution < 1.29 is 19.1 Å². The molecule has 0 aliphatic carbocycles. The Morgan fingerprint density at radius 1 is 1.26 bits per heavy atom. The summed E-state index contributed by atoms with van der Waals surface area (Å²) in [6.07, 6.45) is -0.303. The molecule has 0 radical (unpaired) electrons. The lowest BCUT2D eigenvalue weighted by Crippen LogP contribution is -2.43. The number of H-pyrrole nitrogens is 1. The fraction of sp³-hybridized carbons (Fsp3) is 0.188. The first kappa shape index (κ1) is 17.9. The molecule has 1 aliphatic heterocycles. The quantitative estimate of drug-likeness (QED) is 0.508. The minimum absolute atomic E-state index is 0.0476. The van der Waals surface area contributed by atoms with Crippen molar-refractivity contribution in [2.75, 3.05) is 17.7 Å². The highest BCUT2D eigenvalue weighted by molar-refractivity contribution is 6.04. The van der Waals surface area contributed by atoms with E-state index in [1.54, 1.807) is 31.4 Å². The number of aromatic nitrogens is 2. The van der Waals surface area contributed by atoms with Gasteiger partial charge in [0.2, 0.25) is 17.8 Å². The molecule has 27 heavy (non-hydrogen) atoms. The van der Waals surface area contributed by atoms with Gasteiger partial charge in [-0.1, -0.05) is 0 Å². The molecular formula is C16H16N6O5. The van der Waals surface area contributed by atoms with E-state index in [-0.39, 0.29) is 23.8 Å². The number of nitrogens with one attached hydrogen (secondary N) is 4. The Kier molecular flexibility index (Phi) is 4.75. The van der Waals surface area contributed by atoms with Crippen molar-refractivity contribution >= 4 is 35.3 Å². The molecule has 11 nitrogen and oxygen atoms in total. The maximum absolute atomic E-state index is 12.5. The van der Waals surface area contributed by atoms with E-state index < -0.39 is 29.3 Å². The molecule has 0 fully saturated rings. The van der Waals surface area contributed by atoms with Crippen LogP contribution >= 0.6 is 0 Å². The number of rotatable bonds is 4. The molecule has 1 atom stereocenters. The lowest BCUT2D eigenvalue weighted by molar-refractivity contribution is -0.125. The fourth-order valence-electron chi connectivity index (χ4n) is 2.67. The number of methoxy groups -OCH3 is 1. The van der Waals surface area contributed by atoms with Crippen molar-refractivity contribution in [2.24, 2.45) is 5.73 Å². The first-order valence-corrected chi connectivity index (χ1v) is 7.83. The lowest BCUT2D eigenvalue weighted by atomic mass is 9.92. The summed E-state index contributed by atoms with van der Waals surface area (Å²) in [5.41, 5.74) is 4.87. The molecule has 0 bridgehead atoms. The van der Waals surface area contributed by atoms with Gasteiger partial charge in [0.05, 0.1) is 18.6 Å². The summed E-state index contributed by atoms with van der Waals surface area (Å²) >= 11 is 0. The third kappa shape index (κ3) is 3.86. The summed E-state index contributed by atoms with van der Waals surface area (Å²) in [7, 11) is 1.54. The number of imide groups is 1. The van der Waals surface area contributed by atoms with Crippen molar-refractivity contribution in [2.45, 2.75) is 12.3 Å². The van der Waals surface area contributed by atoms with E-state index in [1.165, 1.54) is 0 Å². The Morgan fingerprint density at radius 3 is 2.59 bits per heavy atom. The Bertz CT molecular complexity index is 968. The molecule has 11 heteroatoms. The predicted molar refractivity (Wildman–Crippen MR) is 94.8 cm³/mol. The SMILES string of the molecule is COc1ccc(Nc2nc3c(c(=O)[nH]2)C(C(=O)NC(N)=O)CC(=O)N3)cc1. The highest BCUT2D eigenvalue weighted by atomic mass is 16.5. The van der Waals surface area contributed by atoms with Crippen LogP contribution < -0.4 is 32.0 Å². The summed E-state index contributed by atoms with van der Waals surface area (Å²) in [6.45, 7) is 0. The molecular weight excluding hydrogens is 356 g/mol. The molecule has 0 spiro atoms. The van der Waals surface area contributed by atoms with Crippen molar-refractivity contribution in [3.05, 3.63) is 40.2 Å². The number of primary amides is 1. The van der Waals surface area contributed by atoms with Crippen LogP contribution in [0.15, 0.2) is 29.1 Å². The number of nitrogens with zero attached hydrogens (tertiary/aromatic N) is 1. The second kappa shape index (κ2) is 7.15. The first-order chi connectivity index (χ1) is 12.9. The average molecular weight is 372 g/mol. The van der Waals surface area contributed by atoms with Crippen LogP contribution in [0.5, 0.6) is 5.75 Å². The molecule has 1 aromatic carbocycles. The summed E-state index contributed by atoms with van der Waals surface area (Å²) in [6, 6.07) is 5.77. The third-order valence-electron chi connectivity index (χ3n) is 3.87. The van der Waals surface area contributed by atoms with Crippen LogP contribution in [0.3, 0.4) is 0 Å². The largest absolute Gasteiger partial charge is 0.497 e. The van der Waals surface area contributed by atoms with Gasteiger partial charge in [-0.25, -0.2) is 4.79 Å². The Morgan fingerprint density at radius 2 is 1.96 bits per heavy atom. The molecule has 140 valence electrons. The van der Waals surface area contributed by atoms with Gasteiger partial charge in [-0.15, -0.1) is 0 Å². The zero-order valence-corrected chi connectivity index (χ0v) is 14.2. The second-order valence-electron chi connectivity index (χ2n) is 5.69. The molecule has 2 heterocycles. The molecule has 1 aliphatic rings. The Hall–Kier alpha value is -3.89. The van der Waals surface area contributed by atoms with Gasteiger partial charge in [0.1, 0.15) is 11.6 Å². The van der Waals surface area contributed by atoms with Crippen LogP contribution in [0, 0.1) is 0 Å². The van der Waals surface area contributed by atoms with Crippen LogP contribution in [0.4, 0.5) is 22.2 Å². The Labute approximate surface area is 152 Å². The van der Waals surface area contributed by atoms with E-state index in [2.05, 4.69) is 20.6 Å². The number of fused-ring (bicyclic) bond motifs is 1. The number of carbonyl (C=O) groups is 3. The molecule has 0 saturated heterocycles. The fourth-order valence-corrected chi connectivity index (χ4v) is 2.67. The van der Waals surface area contributed by atoms with E-state index in [0.717, 1.165) is 0 Å². The van der Waals surface area contributed by atoms with Crippen LogP contribution in [0.2, 0.25) is 0 Å². The number of carbonyl (C=O) groups excluding carboxylic acids is 3. The second-order valence-corrected chi connectivity index (χ2v) is 5.69. The van der Waals surface area contributed by atoms with E-state index in [4.69, 9.17) is 10.5 Å². The standard InChI is InChI=1S/C16H16N6O5/c1-27-8-4-2-7(3-5-8)18-16-20-12-11(14(25)22-16)9(6-10(23)19-12)13(24)21-15(17)26/h2-5,9H,6H2,1H3,(H3,17,21,24,26)(H3,18,19,20,22,23,25). The smallest absolute Gasteiger partial charge is 0.318 e. The predicted octanol–water partition coefficient (Wildman–Crippen LogP) is 0.143. The highest BCUT2D eigenvalue weighted by Gasteiger charge is 2.35. The van der Waals surface area contributed by atoms with Crippen molar-refractivity contribution in [3.63, 3.8) is 0 Å². The van der Waals surface area contributed by atoms with E-state index >= 15 is 0 Å². The summed E-state index contributed by atoms with van der Waals surface area (Å²) < 4.78 is 5.07. The van der Waals surface area contributed by atoms with Crippen LogP contribution in [0.1, 0.15) is 17.9 Å². The number of benzene rings is 1. The summed E-state index contributed by atoms with van der Waals surface area (Å²) in [5, 5.41) is 7.22. The number of ether oxygens (including phenoxy) is 1. The average Bonchev–Trinajstić information content (AvgIpc) is 2.60. The number of nitrogens with two attached hydrogens (primary N) is 1. The van der Waals surface area contributed by atoms with Crippen LogP contribution in [-0.4, -0.2) is 34.9 Å². The van der Waals surface area contributed by atoms with Gasteiger partial charge in [-0.3, -0.25) is 24.7 Å². The molecule has 0 saturated carbocycles. The van der Waals surface area contributed by atoms with E-state index in [0.29, 0.717) is 11.4 Å². The molecule has 3 rings (SSSR count). The van der Waals surface area contributed by atoms with Gasteiger partial charge < -0.3 is 21.1 Å². The number of anilines is 3. The minimum Gasteiger partial charge on any atom is -0.497 e. The minimum atomic E-state index is -1.17. The van der Waals surface area contributed by atoms with Crippen LogP contribution in [0.25, 0.3) is 0 Å². The van der Waals surface area contributed by atoms with Gasteiger partial charge in [-0.2, -0.15) is 4.98 Å². The van der Waals surface area contributed by atoms with Gasteiger partial charge in [0.25, 0.3) is 5.56 Å². The maximum atomic E-state index is 12.5. The number of aromatic amines is 1. The molecule has 4 amide bonds. The number of hydrogen-bond acceptors (Lipinski definition) is 7.